The fraction of sp³-hybridized carbons (Fsp3) is 0.0714. The Labute approximate surface area is 121 Å². The van der Waals surface area contributed by atoms with Crippen molar-refractivity contribution in [3.05, 3.63) is 50.8 Å². The van der Waals surface area contributed by atoms with E-state index in [1.54, 1.807) is 25.3 Å². The second kappa shape index (κ2) is 4.83. The Morgan fingerprint density at radius 2 is 2.16 bits per heavy atom. The number of hydrogen-bond donors (Lipinski definition) is 0. The van der Waals surface area contributed by atoms with E-state index in [0.29, 0.717) is 22.0 Å². The van der Waals surface area contributed by atoms with E-state index in [1.165, 1.54) is 11.3 Å². The molecule has 0 aliphatic rings. The predicted octanol–water partition coefficient (Wildman–Crippen LogP) is 4.50. The molecule has 0 bridgehead atoms. The molecular weight excluding hydrogens is 328 g/mol. The number of thiophene rings is 1. The minimum atomic E-state index is -0.106. The zero-order valence-corrected chi connectivity index (χ0v) is 12.4. The van der Waals surface area contributed by atoms with Crippen molar-refractivity contribution in [2.45, 2.75) is 0 Å². The zero-order chi connectivity index (χ0) is 13.4. The highest BCUT2D eigenvalue weighted by atomic mass is 79.9. The molecule has 0 aliphatic carbocycles. The van der Waals surface area contributed by atoms with Crippen molar-refractivity contribution in [1.29, 1.82) is 0 Å². The average Bonchev–Trinajstić information content (AvgIpc) is 3.02. The largest absolute Gasteiger partial charge is 0.497 e. The van der Waals surface area contributed by atoms with Crippen molar-refractivity contribution in [2.75, 3.05) is 7.11 Å². The lowest BCUT2D eigenvalue weighted by Gasteiger charge is -1.96. The number of methoxy groups -OCH3 is 1. The van der Waals surface area contributed by atoms with Gasteiger partial charge in [0.15, 0.2) is 5.76 Å². The number of halogens is 1. The van der Waals surface area contributed by atoms with Crippen LogP contribution < -0.4 is 4.74 Å². The molecule has 1 aromatic carbocycles. The van der Waals surface area contributed by atoms with Crippen LogP contribution in [0.4, 0.5) is 0 Å². The molecule has 3 rings (SSSR count). The summed E-state index contributed by atoms with van der Waals surface area (Å²) in [7, 11) is 1.60. The van der Waals surface area contributed by atoms with Gasteiger partial charge in [-0.25, -0.2) is 0 Å². The van der Waals surface area contributed by atoms with Crippen LogP contribution in [0.2, 0.25) is 0 Å². The molecule has 0 spiro atoms. The first-order valence-corrected chi connectivity index (χ1v) is 7.21. The number of carbonyl (C=O) groups excluding carboxylic acids is 1. The number of benzene rings is 1. The minimum Gasteiger partial charge on any atom is -0.497 e. The van der Waals surface area contributed by atoms with Gasteiger partial charge in [-0.2, -0.15) is 0 Å². The molecule has 5 heteroatoms. The van der Waals surface area contributed by atoms with Gasteiger partial charge in [-0.05, 0) is 40.2 Å². The Bertz CT molecular complexity index is 757. The minimum absolute atomic E-state index is 0.106. The van der Waals surface area contributed by atoms with Crippen LogP contribution in [0.3, 0.4) is 0 Å². The highest BCUT2D eigenvalue weighted by Gasteiger charge is 2.16. The maximum atomic E-state index is 12.2. The third-order valence-electron chi connectivity index (χ3n) is 2.74. The van der Waals surface area contributed by atoms with E-state index in [0.717, 1.165) is 9.86 Å². The van der Waals surface area contributed by atoms with Crippen molar-refractivity contribution in [3.8, 4) is 5.75 Å². The van der Waals surface area contributed by atoms with Gasteiger partial charge in [-0.3, -0.25) is 4.79 Å². The van der Waals surface area contributed by atoms with Gasteiger partial charge < -0.3 is 9.15 Å². The summed E-state index contributed by atoms with van der Waals surface area (Å²) in [6.45, 7) is 0. The van der Waals surface area contributed by atoms with Gasteiger partial charge in [0.05, 0.1) is 12.0 Å². The summed E-state index contributed by atoms with van der Waals surface area (Å²) >= 11 is 4.73. The van der Waals surface area contributed by atoms with Crippen LogP contribution >= 0.6 is 27.3 Å². The molecule has 2 aromatic heterocycles. The van der Waals surface area contributed by atoms with Crippen molar-refractivity contribution in [3.63, 3.8) is 0 Å². The highest BCUT2D eigenvalue weighted by molar-refractivity contribution is 9.10. The van der Waals surface area contributed by atoms with Gasteiger partial charge in [0.25, 0.3) is 0 Å². The van der Waals surface area contributed by atoms with E-state index in [9.17, 15) is 4.79 Å². The number of ether oxygens (including phenoxy) is 1. The number of ketones is 1. The van der Waals surface area contributed by atoms with E-state index >= 15 is 0 Å². The summed E-state index contributed by atoms with van der Waals surface area (Å²) in [5, 5.41) is 2.76. The summed E-state index contributed by atoms with van der Waals surface area (Å²) in [5.41, 5.74) is 0.651. The van der Waals surface area contributed by atoms with Gasteiger partial charge in [-0.15, -0.1) is 11.3 Å². The fourth-order valence-electron chi connectivity index (χ4n) is 1.80. The highest BCUT2D eigenvalue weighted by Crippen LogP contribution is 2.28. The van der Waals surface area contributed by atoms with Crippen LogP contribution in [-0.2, 0) is 0 Å². The molecule has 0 N–H and O–H groups in total. The molecule has 3 nitrogen and oxygen atoms in total. The zero-order valence-electron chi connectivity index (χ0n) is 9.98. The number of furan rings is 1. The Balaban J connectivity index is 2.03. The van der Waals surface area contributed by atoms with Crippen LogP contribution in [0.1, 0.15) is 15.4 Å². The van der Waals surface area contributed by atoms with Gasteiger partial charge in [-0.1, -0.05) is 0 Å². The predicted molar refractivity (Wildman–Crippen MR) is 78.2 cm³/mol. The quantitative estimate of drug-likeness (QED) is 0.661. The van der Waals surface area contributed by atoms with E-state index < -0.39 is 0 Å². The van der Waals surface area contributed by atoms with Gasteiger partial charge in [0.2, 0.25) is 5.78 Å². The molecule has 19 heavy (non-hydrogen) atoms. The Hall–Kier alpha value is -1.59. The van der Waals surface area contributed by atoms with Crippen molar-refractivity contribution in [2.24, 2.45) is 0 Å². The van der Waals surface area contributed by atoms with Gasteiger partial charge in [0, 0.05) is 21.3 Å². The molecular formula is C14H9BrO3S. The van der Waals surface area contributed by atoms with Crippen LogP contribution in [0, 0.1) is 0 Å². The van der Waals surface area contributed by atoms with Gasteiger partial charge in [0.1, 0.15) is 11.3 Å². The number of rotatable bonds is 3. The summed E-state index contributed by atoms with van der Waals surface area (Å²) in [6.07, 6.45) is 0. The lowest BCUT2D eigenvalue weighted by Crippen LogP contribution is -1.95. The molecule has 0 aliphatic heterocycles. The van der Waals surface area contributed by atoms with Gasteiger partial charge >= 0.3 is 0 Å². The smallest absolute Gasteiger partial charge is 0.238 e. The van der Waals surface area contributed by atoms with Crippen LogP contribution in [0.5, 0.6) is 5.75 Å². The average molecular weight is 337 g/mol. The third kappa shape index (κ3) is 2.31. The fourth-order valence-corrected chi connectivity index (χ4v) is 3.17. The first kappa shape index (κ1) is 12.4. The Morgan fingerprint density at radius 3 is 2.84 bits per heavy atom. The second-order valence-electron chi connectivity index (χ2n) is 3.97. The van der Waals surface area contributed by atoms with E-state index in [4.69, 9.17) is 9.15 Å². The van der Waals surface area contributed by atoms with E-state index in [1.807, 2.05) is 17.5 Å². The molecule has 0 radical (unpaired) electrons. The molecule has 0 atom stereocenters. The summed E-state index contributed by atoms with van der Waals surface area (Å²) < 4.78 is 11.6. The normalized spacial score (nSPS) is 10.8. The third-order valence-corrected chi connectivity index (χ3v) is 4.43. The van der Waals surface area contributed by atoms with Crippen LogP contribution in [0.25, 0.3) is 11.0 Å². The molecule has 0 unspecified atom stereocenters. The summed E-state index contributed by atoms with van der Waals surface area (Å²) in [6, 6.07) is 9.04. The van der Waals surface area contributed by atoms with Crippen LogP contribution in [-0.4, -0.2) is 12.9 Å². The molecule has 2 heterocycles. The maximum absolute atomic E-state index is 12.2. The molecule has 0 amide bonds. The summed E-state index contributed by atoms with van der Waals surface area (Å²) in [5.74, 6) is 0.947. The number of carbonyl (C=O) groups is 1. The van der Waals surface area contributed by atoms with Crippen molar-refractivity contribution in [1.82, 2.24) is 0 Å². The molecule has 0 saturated carbocycles. The number of hydrogen-bond acceptors (Lipinski definition) is 4. The Kier molecular flexibility index (Phi) is 3.16. The van der Waals surface area contributed by atoms with Crippen molar-refractivity contribution < 1.29 is 13.9 Å². The van der Waals surface area contributed by atoms with E-state index in [-0.39, 0.29) is 5.78 Å². The number of fused-ring (bicyclic) bond motifs is 1. The first-order chi connectivity index (χ1) is 9.17. The monoisotopic (exact) mass is 336 g/mol. The lowest BCUT2D eigenvalue weighted by molar-refractivity contribution is 0.101. The SMILES string of the molecule is COc1ccc2cc(C(=O)c3cc(Br)cs3)oc2c1. The summed E-state index contributed by atoms with van der Waals surface area (Å²) in [4.78, 5) is 12.9. The van der Waals surface area contributed by atoms with E-state index in [2.05, 4.69) is 15.9 Å². The molecule has 0 saturated heterocycles. The van der Waals surface area contributed by atoms with Crippen LogP contribution in [0.15, 0.2) is 44.6 Å². The van der Waals surface area contributed by atoms with Crippen molar-refractivity contribution >= 4 is 44.0 Å². The first-order valence-electron chi connectivity index (χ1n) is 5.53. The molecule has 3 aromatic rings. The second-order valence-corrected chi connectivity index (χ2v) is 5.80. The Morgan fingerprint density at radius 1 is 1.32 bits per heavy atom. The maximum Gasteiger partial charge on any atom is 0.238 e. The topological polar surface area (TPSA) is 39.4 Å². The lowest BCUT2D eigenvalue weighted by atomic mass is 10.2. The molecule has 96 valence electrons. The molecule has 0 fully saturated rings. The standard InChI is InChI=1S/C14H9BrO3S/c1-17-10-3-2-8-4-12(18-11(8)6-10)14(16)13-5-9(15)7-19-13/h2-7H,1H3.